The molecular formula is C30H48N2O9S. The highest BCUT2D eigenvalue weighted by Crippen LogP contribution is 2.30. The number of hydrogen-bond donors (Lipinski definition) is 1. The van der Waals surface area contributed by atoms with Gasteiger partial charge in [-0.15, -0.1) is 0 Å². The Labute approximate surface area is 250 Å². The third-order valence-corrected chi connectivity index (χ3v) is 8.86. The van der Waals surface area contributed by atoms with E-state index in [4.69, 9.17) is 23.5 Å². The molecule has 1 saturated heterocycles. The summed E-state index contributed by atoms with van der Waals surface area (Å²) in [5.41, 5.74) is 1.14. The number of rotatable bonds is 17. The fraction of sp³-hybridized carbons (Fsp3) is 0.733. The number of carbonyl (C=O) groups excluding carboxylic acids is 2. The third kappa shape index (κ3) is 11.3. The van der Waals surface area contributed by atoms with Crippen LogP contribution in [0.25, 0.3) is 0 Å². The van der Waals surface area contributed by atoms with Gasteiger partial charge in [-0.2, -0.15) is 8.42 Å². The molecule has 1 aliphatic carbocycles. The van der Waals surface area contributed by atoms with Crippen LogP contribution in [-0.2, 0) is 35.6 Å². The molecular weight excluding hydrogens is 564 g/mol. The van der Waals surface area contributed by atoms with E-state index in [1.807, 2.05) is 18.2 Å². The van der Waals surface area contributed by atoms with Gasteiger partial charge in [0.15, 0.2) is 11.5 Å². The quantitative estimate of drug-likeness (QED) is 0.158. The van der Waals surface area contributed by atoms with E-state index in [0.717, 1.165) is 56.5 Å². The largest absolute Gasteiger partial charge is 0.493 e. The monoisotopic (exact) mass is 612 g/mol. The highest BCUT2D eigenvalue weighted by Gasteiger charge is 2.36. The molecule has 2 aliphatic rings. The first-order valence-electron chi connectivity index (χ1n) is 15.0. The summed E-state index contributed by atoms with van der Waals surface area (Å²) in [6.45, 7) is 2.21. The molecule has 1 aromatic rings. The van der Waals surface area contributed by atoms with Crippen molar-refractivity contribution >= 4 is 22.0 Å². The van der Waals surface area contributed by atoms with Crippen LogP contribution in [0.3, 0.4) is 0 Å². The fourth-order valence-corrected chi connectivity index (χ4v) is 6.24. The van der Waals surface area contributed by atoms with Crippen LogP contribution in [0.5, 0.6) is 11.5 Å². The van der Waals surface area contributed by atoms with Crippen molar-refractivity contribution in [2.24, 2.45) is 0 Å². The maximum absolute atomic E-state index is 12.5. The number of hydrogen-bond acceptors (Lipinski definition) is 9. The zero-order chi connectivity index (χ0) is 30.5. The number of ether oxygens (including phenoxy) is 4. The van der Waals surface area contributed by atoms with Crippen molar-refractivity contribution in [1.82, 2.24) is 9.80 Å². The first-order valence-corrected chi connectivity index (χ1v) is 16.7. The van der Waals surface area contributed by atoms with Crippen molar-refractivity contribution in [3.63, 3.8) is 0 Å². The Kier molecular flexibility index (Phi) is 13.8. The number of methoxy groups -OCH3 is 2. The minimum Gasteiger partial charge on any atom is -0.493 e. The molecule has 1 heterocycles. The van der Waals surface area contributed by atoms with Crippen LogP contribution in [0.1, 0.15) is 69.8 Å². The van der Waals surface area contributed by atoms with Crippen LogP contribution in [-0.4, -0.2) is 106 Å². The molecule has 1 aliphatic heterocycles. The standard InChI is InChI=1S/C30H48N2O9S/c1-31(18-20-42(35,36)37)29(33)11-5-4-6-12-30(34)41-24-15-17-32(22-24)25-9-7-8-10-26(25)40-19-16-23-13-14-27(38-2)28(21-23)39-3/h13-14,21,24-26H,4-12,15-20,22H2,1-3H3,(H,35,36,37)/t24-,25+,26+/m1/s1. The third-order valence-electron chi connectivity index (χ3n) is 8.16. The van der Waals surface area contributed by atoms with Crippen molar-refractivity contribution in [2.75, 3.05) is 53.3 Å². The lowest BCUT2D eigenvalue weighted by Crippen LogP contribution is -2.46. The molecule has 1 N–H and O–H groups in total. The van der Waals surface area contributed by atoms with Crippen LogP contribution in [0, 0.1) is 0 Å². The SMILES string of the molecule is COc1ccc(CCO[C@H]2CCCC[C@@H]2N2CC[C@@H](OC(=O)CCCCCC(=O)N(C)CCS(=O)(=O)O)C2)cc1OC. The maximum atomic E-state index is 12.5. The molecule has 1 saturated carbocycles. The molecule has 238 valence electrons. The molecule has 0 bridgehead atoms. The van der Waals surface area contributed by atoms with Gasteiger partial charge in [-0.05, 0) is 56.2 Å². The predicted molar refractivity (Wildman–Crippen MR) is 158 cm³/mol. The molecule has 42 heavy (non-hydrogen) atoms. The molecule has 11 nitrogen and oxygen atoms in total. The van der Waals surface area contributed by atoms with Gasteiger partial charge >= 0.3 is 5.97 Å². The minimum atomic E-state index is -4.09. The summed E-state index contributed by atoms with van der Waals surface area (Å²) in [7, 11) is 0.685. The van der Waals surface area contributed by atoms with Crippen molar-refractivity contribution in [2.45, 2.75) is 88.9 Å². The summed E-state index contributed by atoms with van der Waals surface area (Å²) in [6, 6.07) is 6.29. The molecule has 0 unspecified atom stereocenters. The molecule has 3 atom stereocenters. The van der Waals surface area contributed by atoms with Gasteiger partial charge in [-0.25, -0.2) is 0 Å². The lowest BCUT2D eigenvalue weighted by molar-refractivity contribution is -0.148. The van der Waals surface area contributed by atoms with Gasteiger partial charge in [-0.3, -0.25) is 19.0 Å². The van der Waals surface area contributed by atoms with Crippen LogP contribution in [0.2, 0.25) is 0 Å². The molecule has 0 spiro atoms. The van der Waals surface area contributed by atoms with E-state index in [-0.39, 0.29) is 37.0 Å². The van der Waals surface area contributed by atoms with Crippen LogP contribution < -0.4 is 9.47 Å². The molecule has 1 aromatic carbocycles. The highest BCUT2D eigenvalue weighted by atomic mass is 32.2. The molecule has 0 radical (unpaired) electrons. The second-order valence-electron chi connectivity index (χ2n) is 11.3. The average Bonchev–Trinajstić information content (AvgIpc) is 3.43. The summed E-state index contributed by atoms with van der Waals surface area (Å²) >= 11 is 0. The first-order chi connectivity index (χ1) is 20.1. The lowest BCUT2D eigenvalue weighted by atomic mass is 9.91. The Morgan fingerprint density at radius 2 is 1.76 bits per heavy atom. The van der Waals surface area contributed by atoms with Crippen molar-refractivity contribution in [3.8, 4) is 11.5 Å². The number of esters is 1. The zero-order valence-corrected chi connectivity index (χ0v) is 26.1. The Balaban J connectivity index is 1.33. The van der Waals surface area contributed by atoms with Gasteiger partial charge in [0.1, 0.15) is 6.10 Å². The predicted octanol–water partition coefficient (Wildman–Crippen LogP) is 3.49. The fourth-order valence-electron chi connectivity index (χ4n) is 5.74. The van der Waals surface area contributed by atoms with Gasteiger partial charge in [-0.1, -0.05) is 25.3 Å². The number of likely N-dealkylation sites (tertiary alicyclic amines) is 1. The van der Waals surface area contributed by atoms with Crippen molar-refractivity contribution in [1.29, 1.82) is 0 Å². The Bertz CT molecular complexity index is 1110. The van der Waals surface area contributed by atoms with E-state index in [0.29, 0.717) is 44.1 Å². The summed E-state index contributed by atoms with van der Waals surface area (Å²) in [4.78, 5) is 28.3. The van der Waals surface area contributed by atoms with Crippen molar-refractivity contribution < 1.29 is 41.5 Å². The molecule has 12 heteroatoms. The average molecular weight is 613 g/mol. The van der Waals surface area contributed by atoms with E-state index in [1.54, 1.807) is 14.2 Å². The van der Waals surface area contributed by atoms with E-state index < -0.39 is 15.9 Å². The summed E-state index contributed by atoms with van der Waals surface area (Å²) in [5.74, 6) is 0.572. The number of unbranched alkanes of at least 4 members (excludes halogenated alkanes) is 2. The van der Waals surface area contributed by atoms with E-state index in [9.17, 15) is 18.0 Å². The van der Waals surface area contributed by atoms with Gasteiger partial charge in [0.05, 0.1) is 32.7 Å². The first kappa shape index (κ1) is 34.1. The summed E-state index contributed by atoms with van der Waals surface area (Å²) in [5, 5.41) is 0. The smallest absolute Gasteiger partial charge is 0.306 e. The maximum Gasteiger partial charge on any atom is 0.306 e. The zero-order valence-electron chi connectivity index (χ0n) is 25.3. The molecule has 1 amide bonds. The van der Waals surface area contributed by atoms with Crippen LogP contribution >= 0.6 is 0 Å². The molecule has 0 aromatic heterocycles. The van der Waals surface area contributed by atoms with Crippen LogP contribution in [0.4, 0.5) is 0 Å². The Morgan fingerprint density at radius 3 is 2.50 bits per heavy atom. The summed E-state index contributed by atoms with van der Waals surface area (Å²) < 4.78 is 53.4. The van der Waals surface area contributed by atoms with Crippen LogP contribution in [0.15, 0.2) is 18.2 Å². The number of amides is 1. The Morgan fingerprint density at radius 1 is 1.02 bits per heavy atom. The second kappa shape index (κ2) is 17.0. The second-order valence-corrected chi connectivity index (χ2v) is 12.8. The lowest BCUT2D eigenvalue weighted by Gasteiger charge is -2.37. The van der Waals surface area contributed by atoms with Crippen molar-refractivity contribution in [3.05, 3.63) is 23.8 Å². The number of benzene rings is 1. The molecule has 2 fully saturated rings. The topological polar surface area (TPSA) is 132 Å². The van der Waals surface area contributed by atoms with E-state index in [1.165, 1.54) is 18.4 Å². The van der Waals surface area contributed by atoms with E-state index >= 15 is 0 Å². The van der Waals surface area contributed by atoms with Gasteiger partial charge in [0.2, 0.25) is 5.91 Å². The molecule has 3 rings (SSSR count). The summed E-state index contributed by atoms with van der Waals surface area (Å²) in [6.07, 6.45) is 8.68. The number of carbonyl (C=O) groups is 2. The normalized spacial score (nSPS) is 21.2. The number of nitrogens with zero attached hydrogens (tertiary/aromatic N) is 2. The highest BCUT2D eigenvalue weighted by molar-refractivity contribution is 7.85. The Hall–Kier alpha value is -2.41. The van der Waals surface area contributed by atoms with Gasteiger partial charge < -0.3 is 23.8 Å². The minimum absolute atomic E-state index is 0.0462. The van der Waals surface area contributed by atoms with Gasteiger partial charge in [0, 0.05) is 45.6 Å². The van der Waals surface area contributed by atoms with E-state index in [2.05, 4.69) is 4.90 Å². The van der Waals surface area contributed by atoms with Gasteiger partial charge in [0.25, 0.3) is 10.1 Å².